The van der Waals surface area contributed by atoms with Crippen LogP contribution < -0.4 is 5.73 Å². The molecule has 2 amide bonds. The number of nitrogen functional groups attached to an aromatic ring is 1. The molecule has 4 nitrogen and oxygen atoms in total. The lowest BCUT2D eigenvalue weighted by atomic mass is 9.99. The molecule has 0 radical (unpaired) electrons. The van der Waals surface area contributed by atoms with Gasteiger partial charge in [0.05, 0.1) is 0 Å². The molecule has 19 heavy (non-hydrogen) atoms. The monoisotopic (exact) mass is 261 g/mol. The van der Waals surface area contributed by atoms with Gasteiger partial charge in [0.25, 0.3) is 0 Å². The number of hydrogen-bond donors (Lipinski definition) is 1. The minimum atomic E-state index is 0.120. The molecule has 1 aromatic carbocycles. The van der Waals surface area contributed by atoms with Gasteiger partial charge in [0, 0.05) is 32.4 Å². The fraction of sp³-hybridized carbons (Fsp3) is 0.533. The molecular formula is C15H23N3O. The van der Waals surface area contributed by atoms with Crippen LogP contribution in [0.15, 0.2) is 24.3 Å². The summed E-state index contributed by atoms with van der Waals surface area (Å²) in [7, 11) is 1.85. The van der Waals surface area contributed by atoms with Gasteiger partial charge in [-0.2, -0.15) is 0 Å². The average molecular weight is 261 g/mol. The molecule has 1 saturated heterocycles. The largest absolute Gasteiger partial charge is 0.399 e. The molecule has 1 fully saturated rings. The van der Waals surface area contributed by atoms with Crippen LogP contribution in [0.3, 0.4) is 0 Å². The molecule has 0 aromatic heterocycles. The van der Waals surface area contributed by atoms with Gasteiger partial charge in [-0.1, -0.05) is 19.1 Å². The second kappa shape index (κ2) is 5.95. The van der Waals surface area contributed by atoms with Crippen molar-refractivity contribution in [2.24, 2.45) is 5.92 Å². The second-order valence-corrected chi connectivity index (χ2v) is 5.55. The van der Waals surface area contributed by atoms with Crippen molar-refractivity contribution >= 4 is 11.7 Å². The van der Waals surface area contributed by atoms with Crippen LogP contribution in [-0.4, -0.2) is 36.0 Å². The fourth-order valence-electron chi connectivity index (χ4n) is 2.47. The highest BCUT2D eigenvalue weighted by Gasteiger charge is 2.22. The molecule has 104 valence electrons. The number of urea groups is 1. The molecule has 0 atom stereocenters. The quantitative estimate of drug-likeness (QED) is 0.832. The number of anilines is 1. The van der Waals surface area contributed by atoms with Gasteiger partial charge in [-0.15, -0.1) is 0 Å². The third-order valence-electron chi connectivity index (χ3n) is 3.75. The van der Waals surface area contributed by atoms with Crippen molar-refractivity contribution in [3.8, 4) is 0 Å². The van der Waals surface area contributed by atoms with Gasteiger partial charge >= 0.3 is 6.03 Å². The summed E-state index contributed by atoms with van der Waals surface area (Å²) in [6.07, 6.45) is 2.22. The van der Waals surface area contributed by atoms with E-state index in [4.69, 9.17) is 5.73 Å². The lowest BCUT2D eigenvalue weighted by Crippen LogP contribution is -2.44. The highest BCUT2D eigenvalue weighted by Crippen LogP contribution is 2.18. The standard InChI is InChI=1S/C15H23N3O/c1-12-6-8-18(9-7-12)15(19)17(2)11-13-4-3-5-14(16)10-13/h3-5,10,12H,6-9,11,16H2,1-2H3. The molecule has 1 aliphatic heterocycles. The van der Waals surface area contributed by atoms with E-state index in [0.717, 1.165) is 43.1 Å². The van der Waals surface area contributed by atoms with Crippen LogP contribution in [0.2, 0.25) is 0 Å². The van der Waals surface area contributed by atoms with E-state index in [1.165, 1.54) is 0 Å². The number of nitrogens with two attached hydrogens (primary N) is 1. The van der Waals surface area contributed by atoms with Crippen LogP contribution in [0.5, 0.6) is 0 Å². The van der Waals surface area contributed by atoms with E-state index in [1.54, 1.807) is 4.90 Å². The summed E-state index contributed by atoms with van der Waals surface area (Å²) in [6.45, 7) is 4.61. The van der Waals surface area contributed by atoms with Crippen LogP contribution in [-0.2, 0) is 6.54 Å². The predicted molar refractivity (Wildman–Crippen MR) is 77.7 cm³/mol. The number of benzene rings is 1. The summed E-state index contributed by atoms with van der Waals surface area (Å²) in [5.74, 6) is 0.739. The number of rotatable bonds is 2. The van der Waals surface area contributed by atoms with Crippen molar-refractivity contribution in [1.82, 2.24) is 9.80 Å². The Morgan fingerprint density at radius 2 is 2.11 bits per heavy atom. The highest BCUT2D eigenvalue weighted by atomic mass is 16.2. The van der Waals surface area contributed by atoms with Crippen LogP contribution in [0.1, 0.15) is 25.3 Å². The van der Waals surface area contributed by atoms with Crippen molar-refractivity contribution < 1.29 is 4.79 Å². The smallest absolute Gasteiger partial charge is 0.320 e. The SMILES string of the molecule is CC1CCN(C(=O)N(C)Cc2cccc(N)c2)CC1. The van der Waals surface area contributed by atoms with Crippen LogP contribution in [0, 0.1) is 5.92 Å². The van der Waals surface area contributed by atoms with Crippen molar-refractivity contribution in [3.63, 3.8) is 0 Å². The second-order valence-electron chi connectivity index (χ2n) is 5.55. The van der Waals surface area contributed by atoms with Crippen molar-refractivity contribution in [3.05, 3.63) is 29.8 Å². The lowest BCUT2D eigenvalue weighted by molar-refractivity contribution is 0.141. The molecule has 1 heterocycles. The van der Waals surface area contributed by atoms with Crippen LogP contribution in [0.25, 0.3) is 0 Å². The maximum Gasteiger partial charge on any atom is 0.320 e. The summed E-state index contributed by atoms with van der Waals surface area (Å²) >= 11 is 0. The lowest BCUT2D eigenvalue weighted by Gasteiger charge is -2.33. The van der Waals surface area contributed by atoms with E-state index in [9.17, 15) is 4.79 Å². The van der Waals surface area contributed by atoms with Gasteiger partial charge in [-0.05, 0) is 36.5 Å². The number of hydrogen-bond acceptors (Lipinski definition) is 2. The molecule has 0 aliphatic carbocycles. The Bertz CT molecular complexity index is 439. The third kappa shape index (κ3) is 3.63. The molecule has 2 rings (SSSR count). The van der Waals surface area contributed by atoms with Gasteiger partial charge in [-0.25, -0.2) is 4.79 Å². The average Bonchev–Trinajstić information content (AvgIpc) is 2.39. The van der Waals surface area contributed by atoms with E-state index >= 15 is 0 Å². The number of piperidine rings is 1. The molecule has 0 unspecified atom stereocenters. The first-order valence-corrected chi connectivity index (χ1v) is 6.90. The number of carbonyl (C=O) groups excluding carboxylic acids is 1. The first-order chi connectivity index (χ1) is 9.06. The molecule has 1 aliphatic rings. The Kier molecular flexibility index (Phi) is 4.30. The number of likely N-dealkylation sites (tertiary alicyclic amines) is 1. The van der Waals surface area contributed by atoms with Gasteiger partial charge < -0.3 is 15.5 Å². The molecule has 4 heteroatoms. The Labute approximate surface area is 115 Å². The zero-order chi connectivity index (χ0) is 13.8. The maximum absolute atomic E-state index is 12.3. The highest BCUT2D eigenvalue weighted by molar-refractivity contribution is 5.74. The van der Waals surface area contributed by atoms with Gasteiger partial charge in [-0.3, -0.25) is 0 Å². The normalized spacial score (nSPS) is 16.4. The molecule has 1 aromatic rings. The topological polar surface area (TPSA) is 49.6 Å². The maximum atomic E-state index is 12.3. The summed E-state index contributed by atoms with van der Waals surface area (Å²) in [6, 6.07) is 7.82. The predicted octanol–water partition coefficient (Wildman–Crippen LogP) is 2.55. The van der Waals surface area contributed by atoms with Gasteiger partial charge in [0.15, 0.2) is 0 Å². The molecule has 0 spiro atoms. The summed E-state index contributed by atoms with van der Waals surface area (Å²) < 4.78 is 0. The van der Waals surface area contributed by atoms with Crippen molar-refractivity contribution in [2.45, 2.75) is 26.3 Å². The number of carbonyl (C=O) groups is 1. The Hall–Kier alpha value is -1.71. The summed E-state index contributed by atoms with van der Waals surface area (Å²) in [5, 5.41) is 0. The van der Waals surface area contributed by atoms with Crippen molar-refractivity contribution in [2.75, 3.05) is 25.9 Å². The minimum absolute atomic E-state index is 0.120. The summed E-state index contributed by atoms with van der Waals surface area (Å²) in [4.78, 5) is 16.0. The van der Waals surface area contributed by atoms with E-state index in [0.29, 0.717) is 6.54 Å². The van der Waals surface area contributed by atoms with Crippen LogP contribution in [0.4, 0.5) is 10.5 Å². The van der Waals surface area contributed by atoms with Crippen molar-refractivity contribution in [1.29, 1.82) is 0 Å². The third-order valence-corrected chi connectivity index (χ3v) is 3.75. The first kappa shape index (κ1) is 13.7. The number of amides is 2. The first-order valence-electron chi connectivity index (χ1n) is 6.90. The molecule has 0 saturated carbocycles. The zero-order valence-corrected chi connectivity index (χ0v) is 11.8. The molecule has 2 N–H and O–H groups in total. The van der Waals surface area contributed by atoms with E-state index in [2.05, 4.69) is 6.92 Å². The Morgan fingerprint density at radius 1 is 1.42 bits per heavy atom. The van der Waals surface area contributed by atoms with Crippen LogP contribution >= 0.6 is 0 Å². The molecular weight excluding hydrogens is 238 g/mol. The molecule has 0 bridgehead atoms. The van der Waals surface area contributed by atoms with E-state index < -0.39 is 0 Å². The zero-order valence-electron chi connectivity index (χ0n) is 11.8. The fourth-order valence-corrected chi connectivity index (χ4v) is 2.47. The summed E-state index contributed by atoms with van der Waals surface area (Å²) in [5.41, 5.74) is 7.57. The van der Waals surface area contributed by atoms with E-state index in [-0.39, 0.29) is 6.03 Å². The minimum Gasteiger partial charge on any atom is -0.399 e. The van der Waals surface area contributed by atoms with Gasteiger partial charge in [0.1, 0.15) is 0 Å². The van der Waals surface area contributed by atoms with Gasteiger partial charge in [0.2, 0.25) is 0 Å². The Balaban J connectivity index is 1.92. The Morgan fingerprint density at radius 3 is 2.74 bits per heavy atom. The van der Waals surface area contributed by atoms with E-state index in [1.807, 2.05) is 36.2 Å². The number of nitrogens with zero attached hydrogens (tertiary/aromatic N) is 2.